The third-order valence-corrected chi connectivity index (χ3v) is 11.4. The molecule has 3 fully saturated rings. The van der Waals surface area contributed by atoms with Crippen LogP contribution in [0.15, 0.2) is 30.3 Å². The summed E-state index contributed by atoms with van der Waals surface area (Å²) >= 11 is 0. The summed E-state index contributed by atoms with van der Waals surface area (Å²) in [4.78, 5) is 0. The first-order valence-corrected chi connectivity index (χ1v) is 16.4. The molecule has 0 spiro atoms. The Bertz CT molecular complexity index is 927. The van der Waals surface area contributed by atoms with Crippen molar-refractivity contribution in [2.24, 2.45) is 53.3 Å². The number of benzene rings is 1. The van der Waals surface area contributed by atoms with Gasteiger partial charge in [-0.3, -0.25) is 0 Å². The average molecular weight is 591 g/mol. The molecule has 3 aliphatic heterocycles. The van der Waals surface area contributed by atoms with E-state index < -0.39 is 0 Å². The van der Waals surface area contributed by atoms with Gasteiger partial charge in [-0.1, -0.05) is 92.6 Å². The summed E-state index contributed by atoms with van der Waals surface area (Å²) in [6, 6.07) is 10.3. The molecular formula is C35H58O7. The van der Waals surface area contributed by atoms with Gasteiger partial charge < -0.3 is 33.2 Å². The van der Waals surface area contributed by atoms with Gasteiger partial charge in [0.25, 0.3) is 0 Å². The first-order valence-electron chi connectivity index (χ1n) is 16.4. The van der Waals surface area contributed by atoms with E-state index in [-0.39, 0.29) is 49.0 Å². The maximum atomic E-state index is 6.61. The van der Waals surface area contributed by atoms with Crippen LogP contribution >= 0.6 is 0 Å². The standard InChI is InChI=1S/C35H58O7/c1-20-24(5)31(40-33(36-10)26(20)7)18-38-35-28(9)22(3)25(6)32(42-35)19-39-34-27(8)21(2)23(4)30(41-34)17-37-16-29-14-12-11-13-15-29/h11-15,20-28,30-35H,16-19H2,1-10H3/t20-,21-,22-,23-,24-,25-,26?,27?,28?,30?,31?,32?,33-,34-,35-/m0/s1. The predicted octanol–water partition coefficient (Wildman–Crippen LogP) is 6.78. The van der Waals surface area contributed by atoms with Gasteiger partial charge in [-0.25, -0.2) is 0 Å². The van der Waals surface area contributed by atoms with Gasteiger partial charge in [-0.2, -0.15) is 0 Å². The van der Waals surface area contributed by atoms with Gasteiger partial charge in [-0.15, -0.1) is 0 Å². The summed E-state index contributed by atoms with van der Waals surface area (Å²) in [7, 11) is 1.72. The maximum absolute atomic E-state index is 6.61. The summed E-state index contributed by atoms with van der Waals surface area (Å²) in [5.41, 5.74) is 1.17. The largest absolute Gasteiger partial charge is 0.374 e. The van der Waals surface area contributed by atoms with Crippen molar-refractivity contribution < 1.29 is 33.2 Å². The topological polar surface area (TPSA) is 64.6 Å². The molecule has 0 N–H and O–H groups in total. The fourth-order valence-electron chi connectivity index (χ4n) is 6.93. The second-order valence-corrected chi connectivity index (χ2v) is 13.8. The van der Waals surface area contributed by atoms with Gasteiger partial charge >= 0.3 is 0 Å². The van der Waals surface area contributed by atoms with Crippen LogP contribution in [0.5, 0.6) is 0 Å². The summed E-state index contributed by atoms with van der Waals surface area (Å²) in [5, 5.41) is 0. The molecule has 3 heterocycles. The fraction of sp³-hybridized carbons (Fsp3) is 0.829. The molecule has 1 aromatic rings. The lowest BCUT2D eigenvalue weighted by Gasteiger charge is -2.47. The molecule has 7 heteroatoms. The molecule has 0 amide bonds. The third-order valence-electron chi connectivity index (χ3n) is 11.4. The van der Waals surface area contributed by atoms with Crippen molar-refractivity contribution >= 4 is 0 Å². The molecule has 15 atom stereocenters. The van der Waals surface area contributed by atoms with Crippen LogP contribution < -0.4 is 0 Å². The van der Waals surface area contributed by atoms with Gasteiger partial charge in [0.05, 0.1) is 44.7 Å². The van der Waals surface area contributed by atoms with E-state index in [0.717, 1.165) is 0 Å². The second-order valence-electron chi connectivity index (χ2n) is 13.8. The second kappa shape index (κ2) is 15.3. The lowest BCUT2D eigenvalue weighted by Crippen LogP contribution is -2.52. The van der Waals surface area contributed by atoms with Crippen LogP contribution in [0.2, 0.25) is 0 Å². The molecule has 6 unspecified atom stereocenters. The van der Waals surface area contributed by atoms with Gasteiger partial charge in [-0.05, 0) is 41.1 Å². The van der Waals surface area contributed by atoms with Crippen molar-refractivity contribution in [1.29, 1.82) is 0 Å². The minimum Gasteiger partial charge on any atom is -0.374 e. The molecule has 1 aromatic carbocycles. The molecule has 0 aliphatic carbocycles. The number of hydrogen-bond acceptors (Lipinski definition) is 7. The monoisotopic (exact) mass is 590 g/mol. The van der Waals surface area contributed by atoms with Crippen LogP contribution in [0.3, 0.4) is 0 Å². The van der Waals surface area contributed by atoms with Crippen LogP contribution in [0, 0.1) is 53.3 Å². The Kier molecular flexibility index (Phi) is 12.3. The molecule has 0 aromatic heterocycles. The lowest BCUT2D eigenvalue weighted by molar-refractivity contribution is -0.304. The Balaban J connectivity index is 1.31. The zero-order chi connectivity index (χ0) is 30.6. The fourth-order valence-corrected chi connectivity index (χ4v) is 6.93. The summed E-state index contributed by atoms with van der Waals surface area (Å²) < 4.78 is 44.1. The van der Waals surface area contributed by atoms with E-state index in [0.29, 0.717) is 67.9 Å². The number of methoxy groups -OCH3 is 1. The normalized spacial score (nSPS) is 44.7. The summed E-state index contributed by atoms with van der Waals surface area (Å²) in [6.45, 7) is 22.4. The van der Waals surface area contributed by atoms with E-state index in [1.807, 2.05) is 18.2 Å². The Morgan fingerprint density at radius 1 is 0.500 bits per heavy atom. The molecule has 0 bridgehead atoms. The summed E-state index contributed by atoms with van der Waals surface area (Å²) in [6.07, 6.45) is -0.915. The zero-order valence-electron chi connectivity index (χ0n) is 27.7. The zero-order valence-corrected chi connectivity index (χ0v) is 27.7. The van der Waals surface area contributed by atoms with Gasteiger partial charge in [0.2, 0.25) is 0 Å². The number of hydrogen-bond donors (Lipinski definition) is 0. The van der Waals surface area contributed by atoms with Crippen LogP contribution in [-0.4, -0.2) is 64.1 Å². The van der Waals surface area contributed by atoms with Crippen LogP contribution in [-0.2, 0) is 39.8 Å². The molecule has 4 rings (SSSR count). The maximum Gasteiger partial charge on any atom is 0.160 e. The highest BCUT2D eigenvalue weighted by molar-refractivity contribution is 5.13. The molecule has 3 aliphatic rings. The Morgan fingerprint density at radius 3 is 1.36 bits per heavy atom. The minimum absolute atomic E-state index is 0.0110. The van der Waals surface area contributed by atoms with E-state index in [1.54, 1.807) is 7.11 Å². The molecule has 0 saturated carbocycles. The molecule has 240 valence electrons. The number of rotatable bonds is 11. The van der Waals surface area contributed by atoms with Gasteiger partial charge in [0, 0.05) is 24.9 Å². The van der Waals surface area contributed by atoms with E-state index in [4.69, 9.17) is 33.2 Å². The molecular weight excluding hydrogens is 532 g/mol. The van der Waals surface area contributed by atoms with Crippen molar-refractivity contribution in [2.75, 3.05) is 26.9 Å². The Morgan fingerprint density at radius 2 is 0.905 bits per heavy atom. The quantitative estimate of drug-likeness (QED) is 0.281. The van der Waals surface area contributed by atoms with Crippen LogP contribution in [0.1, 0.15) is 67.9 Å². The van der Waals surface area contributed by atoms with E-state index in [9.17, 15) is 0 Å². The molecule has 3 saturated heterocycles. The Labute approximate surface area is 255 Å². The van der Waals surface area contributed by atoms with Crippen molar-refractivity contribution in [1.82, 2.24) is 0 Å². The molecule has 7 nitrogen and oxygen atoms in total. The third kappa shape index (κ3) is 7.77. The summed E-state index contributed by atoms with van der Waals surface area (Å²) in [5.74, 6) is 3.34. The first-order chi connectivity index (χ1) is 20.0. The van der Waals surface area contributed by atoms with Gasteiger partial charge in [0.1, 0.15) is 0 Å². The lowest BCUT2D eigenvalue weighted by atomic mass is 9.78. The average Bonchev–Trinajstić information content (AvgIpc) is 2.99. The van der Waals surface area contributed by atoms with Crippen molar-refractivity contribution in [3.05, 3.63) is 35.9 Å². The highest BCUT2D eigenvalue weighted by atomic mass is 16.7. The van der Waals surface area contributed by atoms with Crippen molar-refractivity contribution in [3.63, 3.8) is 0 Å². The van der Waals surface area contributed by atoms with Gasteiger partial charge in [0.15, 0.2) is 18.9 Å². The highest BCUT2D eigenvalue weighted by Crippen LogP contribution is 2.40. The first kappa shape index (κ1) is 33.8. The smallest absolute Gasteiger partial charge is 0.160 e. The Hall–Kier alpha value is -1.06. The molecule has 0 radical (unpaired) electrons. The van der Waals surface area contributed by atoms with E-state index in [2.05, 4.69) is 74.4 Å². The van der Waals surface area contributed by atoms with E-state index >= 15 is 0 Å². The van der Waals surface area contributed by atoms with E-state index in [1.165, 1.54) is 5.56 Å². The highest BCUT2D eigenvalue weighted by Gasteiger charge is 2.44. The van der Waals surface area contributed by atoms with Crippen molar-refractivity contribution in [2.45, 2.75) is 106 Å². The SMILES string of the molecule is CO[C@H]1OC(CO[C@H]2OC(CO[C@H]3OC(COCc4ccccc4)[C@@H](C)[C@H](C)C3C)[C@@H](C)[C@H](C)C2C)[C@@H](C)[C@H](C)C1C. The molecule has 42 heavy (non-hydrogen) atoms. The number of ether oxygens (including phenoxy) is 7. The van der Waals surface area contributed by atoms with Crippen molar-refractivity contribution in [3.8, 4) is 0 Å². The predicted molar refractivity (Wildman–Crippen MR) is 163 cm³/mol. The van der Waals surface area contributed by atoms with Crippen LogP contribution in [0.25, 0.3) is 0 Å². The van der Waals surface area contributed by atoms with Crippen LogP contribution in [0.4, 0.5) is 0 Å². The minimum atomic E-state index is -0.306.